The van der Waals surface area contributed by atoms with Crippen molar-refractivity contribution >= 4 is 16.7 Å². The number of aliphatic hydroxyl groups is 1. The number of hydrogen-bond acceptors (Lipinski definition) is 3. The van der Waals surface area contributed by atoms with E-state index >= 15 is 0 Å². The van der Waals surface area contributed by atoms with Gasteiger partial charge in [0.05, 0.1) is 23.2 Å². The van der Waals surface area contributed by atoms with E-state index in [4.69, 9.17) is 10.7 Å². The minimum absolute atomic E-state index is 0.108. The number of anilines is 1. The van der Waals surface area contributed by atoms with Crippen molar-refractivity contribution in [3.63, 3.8) is 0 Å². The van der Waals surface area contributed by atoms with E-state index < -0.39 is 0 Å². The summed E-state index contributed by atoms with van der Waals surface area (Å²) >= 11 is 0. The van der Waals surface area contributed by atoms with Crippen LogP contribution in [-0.4, -0.2) is 21.3 Å². The first-order chi connectivity index (χ1) is 9.23. The van der Waals surface area contributed by atoms with Gasteiger partial charge in [0, 0.05) is 11.6 Å². The number of nitrogen functional groups attached to an aromatic ring is 1. The number of imidazole rings is 1. The van der Waals surface area contributed by atoms with E-state index in [1.807, 2.05) is 12.1 Å². The molecule has 0 bridgehead atoms. The van der Waals surface area contributed by atoms with Gasteiger partial charge in [-0.15, -0.1) is 0 Å². The highest BCUT2D eigenvalue weighted by atomic mass is 16.3. The highest BCUT2D eigenvalue weighted by Gasteiger charge is 2.43. The van der Waals surface area contributed by atoms with Crippen LogP contribution >= 0.6 is 0 Å². The second kappa shape index (κ2) is 3.73. The molecule has 3 N–H and O–H groups in total. The fourth-order valence-electron chi connectivity index (χ4n) is 3.27. The standard InChI is InChI=1S/C15H19N3O/c16-11-4-5-13-12(8-11)17-14(10-2-3-10)18(13)15(9-19)6-1-7-15/h4-5,8,10,19H,1-3,6-7,9,16H2. The summed E-state index contributed by atoms with van der Waals surface area (Å²) in [6.07, 6.45) is 5.75. The summed E-state index contributed by atoms with van der Waals surface area (Å²) in [5.41, 5.74) is 8.61. The molecule has 0 spiro atoms. The number of rotatable bonds is 3. The Morgan fingerprint density at radius 2 is 2.16 bits per heavy atom. The van der Waals surface area contributed by atoms with E-state index in [0.29, 0.717) is 5.92 Å². The van der Waals surface area contributed by atoms with E-state index in [1.54, 1.807) is 0 Å². The first-order valence-corrected chi connectivity index (χ1v) is 7.13. The molecule has 1 aromatic heterocycles. The minimum Gasteiger partial charge on any atom is -0.399 e. The summed E-state index contributed by atoms with van der Waals surface area (Å²) in [4.78, 5) is 4.80. The Balaban J connectivity index is 1.98. The predicted molar refractivity (Wildman–Crippen MR) is 75.0 cm³/mol. The van der Waals surface area contributed by atoms with Crippen molar-refractivity contribution in [3.05, 3.63) is 24.0 Å². The molecule has 0 radical (unpaired) electrons. The van der Waals surface area contributed by atoms with E-state index in [9.17, 15) is 5.11 Å². The lowest BCUT2D eigenvalue weighted by Crippen LogP contribution is -2.44. The Bertz CT molecular complexity index is 633. The van der Waals surface area contributed by atoms with Crippen LogP contribution < -0.4 is 5.73 Å². The van der Waals surface area contributed by atoms with Gasteiger partial charge in [-0.05, 0) is 50.3 Å². The summed E-state index contributed by atoms with van der Waals surface area (Å²) in [6.45, 7) is 0.211. The fraction of sp³-hybridized carbons (Fsp3) is 0.533. The summed E-state index contributed by atoms with van der Waals surface area (Å²) in [5, 5.41) is 9.88. The second-order valence-electron chi connectivity index (χ2n) is 6.06. The average Bonchev–Trinajstić information content (AvgIpc) is 3.12. The number of hydrogen-bond donors (Lipinski definition) is 2. The Kier molecular flexibility index (Phi) is 2.22. The van der Waals surface area contributed by atoms with Gasteiger partial charge in [0.2, 0.25) is 0 Å². The molecule has 100 valence electrons. The molecule has 2 aliphatic carbocycles. The van der Waals surface area contributed by atoms with Crippen LogP contribution in [0.2, 0.25) is 0 Å². The van der Waals surface area contributed by atoms with E-state index in [-0.39, 0.29) is 12.1 Å². The molecule has 2 aliphatic rings. The molecule has 4 heteroatoms. The summed E-state index contributed by atoms with van der Waals surface area (Å²) in [7, 11) is 0. The van der Waals surface area contributed by atoms with Crippen molar-refractivity contribution in [3.8, 4) is 0 Å². The quantitative estimate of drug-likeness (QED) is 0.830. The van der Waals surface area contributed by atoms with Gasteiger partial charge in [-0.3, -0.25) is 0 Å². The van der Waals surface area contributed by atoms with Gasteiger partial charge in [-0.25, -0.2) is 4.98 Å². The van der Waals surface area contributed by atoms with Crippen LogP contribution in [0, 0.1) is 0 Å². The number of aliphatic hydroxyl groups excluding tert-OH is 1. The minimum atomic E-state index is -0.108. The maximum absolute atomic E-state index is 9.88. The Morgan fingerprint density at radius 1 is 1.37 bits per heavy atom. The van der Waals surface area contributed by atoms with Crippen LogP contribution in [0.5, 0.6) is 0 Å². The molecule has 2 saturated carbocycles. The zero-order chi connectivity index (χ0) is 13.0. The Morgan fingerprint density at radius 3 is 2.74 bits per heavy atom. The third-order valence-corrected chi connectivity index (χ3v) is 4.70. The van der Waals surface area contributed by atoms with Crippen LogP contribution in [0.4, 0.5) is 5.69 Å². The molecule has 1 heterocycles. The maximum atomic E-state index is 9.88. The van der Waals surface area contributed by atoms with E-state index in [1.165, 1.54) is 19.3 Å². The second-order valence-corrected chi connectivity index (χ2v) is 6.06. The highest BCUT2D eigenvalue weighted by Crippen LogP contribution is 2.47. The lowest BCUT2D eigenvalue weighted by Gasteiger charge is -2.43. The molecular weight excluding hydrogens is 238 g/mol. The zero-order valence-electron chi connectivity index (χ0n) is 11.0. The van der Waals surface area contributed by atoms with Crippen LogP contribution in [0.3, 0.4) is 0 Å². The summed E-state index contributed by atoms with van der Waals surface area (Å²) in [6, 6.07) is 5.93. The van der Waals surface area contributed by atoms with Gasteiger partial charge in [0.15, 0.2) is 0 Å². The highest BCUT2D eigenvalue weighted by molar-refractivity contribution is 5.80. The van der Waals surface area contributed by atoms with Crippen molar-refractivity contribution in [1.29, 1.82) is 0 Å². The lowest BCUT2D eigenvalue weighted by molar-refractivity contribution is 0.0563. The van der Waals surface area contributed by atoms with E-state index in [0.717, 1.165) is 35.4 Å². The van der Waals surface area contributed by atoms with E-state index in [2.05, 4.69) is 10.6 Å². The number of aromatic nitrogens is 2. The molecule has 2 aromatic rings. The fourth-order valence-corrected chi connectivity index (χ4v) is 3.27. The van der Waals surface area contributed by atoms with Gasteiger partial charge in [-0.1, -0.05) is 0 Å². The molecule has 0 atom stereocenters. The monoisotopic (exact) mass is 257 g/mol. The van der Waals surface area contributed by atoms with Gasteiger partial charge in [0.1, 0.15) is 5.82 Å². The molecule has 0 amide bonds. The maximum Gasteiger partial charge on any atom is 0.113 e. The van der Waals surface area contributed by atoms with Crippen LogP contribution in [0.15, 0.2) is 18.2 Å². The lowest BCUT2D eigenvalue weighted by atomic mass is 9.76. The smallest absolute Gasteiger partial charge is 0.113 e. The SMILES string of the molecule is Nc1ccc2c(c1)nc(C1CC1)n2C1(CO)CCC1. The first-order valence-electron chi connectivity index (χ1n) is 7.13. The normalized spacial score (nSPS) is 21.5. The largest absolute Gasteiger partial charge is 0.399 e. The van der Waals surface area contributed by atoms with Crippen molar-refractivity contribution in [2.45, 2.75) is 43.6 Å². The predicted octanol–water partition coefficient (Wildman–Crippen LogP) is 2.37. The third kappa shape index (κ3) is 1.53. The van der Waals surface area contributed by atoms with Crippen LogP contribution in [0.1, 0.15) is 43.8 Å². The van der Waals surface area contributed by atoms with Gasteiger partial charge in [0.25, 0.3) is 0 Å². The number of benzene rings is 1. The first kappa shape index (κ1) is 11.3. The molecule has 0 unspecified atom stereocenters. The van der Waals surface area contributed by atoms with Crippen molar-refractivity contribution in [2.24, 2.45) is 0 Å². The number of nitrogens with zero attached hydrogens (tertiary/aromatic N) is 2. The molecule has 0 saturated heterocycles. The summed E-state index contributed by atoms with van der Waals surface area (Å²) in [5.74, 6) is 1.74. The molecule has 4 nitrogen and oxygen atoms in total. The van der Waals surface area contributed by atoms with Gasteiger partial charge >= 0.3 is 0 Å². The summed E-state index contributed by atoms with van der Waals surface area (Å²) < 4.78 is 2.32. The van der Waals surface area contributed by atoms with Crippen LogP contribution in [0.25, 0.3) is 11.0 Å². The molecular formula is C15H19N3O. The van der Waals surface area contributed by atoms with Crippen LogP contribution in [-0.2, 0) is 5.54 Å². The average molecular weight is 257 g/mol. The van der Waals surface area contributed by atoms with Gasteiger partial charge < -0.3 is 15.4 Å². The zero-order valence-corrected chi connectivity index (χ0v) is 11.0. The topological polar surface area (TPSA) is 64.1 Å². The molecule has 19 heavy (non-hydrogen) atoms. The molecule has 1 aromatic carbocycles. The number of nitrogens with two attached hydrogens (primary N) is 1. The van der Waals surface area contributed by atoms with Crippen molar-refractivity contribution < 1.29 is 5.11 Å². The third-order valence-electron chi connectivity index (χ3n) is 4.70. The molecule has 2 fully saturated rings. The van der Waals surface area contributed by atoms with Crippen molar-refractivity contribution in [2.75, 3.05) is 12.3 Å². The molecule has 4 rings (SSSR count). The Labute approximate surface area is 112 Å². The Hall–Kier alpha value is -1.55. The van der Waals surface area contributed by atoms with Gasteiger partial charge in [-0.2, -0.15) is 0 Å². The van der Waals surface area contributed by atoms with Crippen molar-refractivity contribution in [1.82, 2.24) is 9.55 Å². The number of fused-ring (bicyclic) bond motifs is 1. The molecule has 0 aliphatic heterocycles.